The van der Waals surface area contributed by atoms with Crippen LogP contribution < -0.4 is 5.43 Å². The second-order valence-electron chi connectivity index (χ2n) is 4.88. The van der Waals surface area contributed by atoms with Crippen LogP contribution in [-0.4, -0.2) is 58.5 Å². The third kappa shape index (κ3) is 8.24. The third-order valence-corrected chi connectivity index (χ3v) is 3.34. The highest BCUT2D eigenvalue weighted by Crippen LogP contribution is 2.15. The third-order valence-electron chi connectivity index (χ3n) is 3.13. The van der Waals surface area contributed by atoms with E-state index in [9.17, 15) is 9.59 Å². The van der Waals surface area contributed by atoms with Crippen molar-refractivity contribution in [1.82, 2.24) is 15.5 Å². The topological polar surface area (TPSA) is 102 Å². The summed E-state index contributed by atoms with van der Waals surface area (Å²) in [5, 5.41) is 17.7. The molecule has 0 radical (unpaired) electrons. The summed E-state index contributed by atoms with van der Waals surface area (Å²) in [5.74, 6) is -2.51. The lowest BCUT2D eigenvalue weighted by atomic mass is 10.2. The van der Waals surface area contributed by atoms with Crippen LogP contribution in [0.2, 0.25) is 0 Å². The van der Waals surface area contributed by atoms with Crippen molar-refractivity contribution in [2.75, 3.05) is 20.2 Å². The van der Waals surface area contributed by atoms with Crippen LogP contribution in [0.1, 0.15) is 12.8 Å². The number of allylic oxidation sites excluding steroid dienone is 2. The molecule has 0 amide bonds. The maximum atomic E-state index is 9.55. The number of aliphatic carboxylic acids is 2. The van der Waals surface area contributed by atoms with Crippen molar-refractivity contribution in [3.05, 3.63) is 35.7 Å². The van der Waals surface area contributed by atoms with Gasteiger partial charge in [0.25, 0.3) is 0 Å². The van der Waals surface area contributed by atoms with E-state index in [1.165, 1.54) is 12.8 Å². The fraction of sp³-hybridized carbons (Fsp3) is 0.429. The Balaban J connectivity index is 0.000000284. The molecule has 1 saturated heterocycles. The summed E-state index contributed by atoms with van der Waals surface area (Å²) in [6.07, 6.45) is 9.01. The molecule has 23 heavy (non-hydrogen) atoms. The van der Waals surface area contributed by atoms with Crippen LogP contribution in [0, 0.1) is 0 Å². The highest BCUT2D eigenvalue weighted by molar-refractivity contribution is 6.29. The normalized spacial score (nSPS) is 20.7. The van der Waals surface area contributed by atoms with Crippen molar-refractivity contribution in [3.63, 3.8) is 0 Å². The summed E-state index contributed by atoms with van der Waals surface area (Å²) in [5.41, 5.74) is 2.89. The van der Waals surface area contributed by atoms with Crippen molar-refractivity contribution in [2.24, 2.45) is 0 Å². The van der Waals surface area contributed by atoms with Crippen molar-refractivity contribution >= 4 is 23.5 Å². The van der Waals surface area contributed by atoms with E-state index in [0.29, 0.717) is 30.0 Å². The first-order valence-electron chi connectivity index (χ1n) is 6.95. The molecule has 2 heterocycles. The first-order chi connectivity index (χ1) is 10.9. The first-order valence-corrected chi connectivity index (χ1v) is 7.33. The molecule has 2 aliphatic rings. The average molecular weight is 346 g/mol. The minimum Gasteiger partial charge on any atom is -0.478 e. The molecule has 0 bridgehead atoms. The zero-order valence-electron chi connectivity index (χ0n) is 12.7. The van der Waals surface area contributed by atoms with E-state index < -0.39 is 11.9 Å². The van der Waals surface area contributed by atoms with Crippen LogP contribution in [0.5, 0.6) is 0 Å². The lowest BCUT2D eigenvalue weighted by Crippen LogP contribution is -2.38. The minimum absolute atomic E-state index is 0.518. The summed E-state index contributed by atoms with van der Waals surface area (Å²) in [6, 6.07) is 0.518. The van der Waals surface area contributed by atoms with Gasteiger partial charge in [-0.1, -0.05) is 11.6 Å². The second kappa shape index (κ2) is 9.88. The molecule has 9 heteroatoms. The molecule has 3 N–H and O–H groups in total. The van der Waals surface area contributed by atoms with E-state index in [1.807, 2.05) is 6.08 Å². The van der Waals surface area contributed by atoms with Crippen molar-refractivity contribution in [3.8, 4) is 0 Å². The number of hydrazine groups is 1. The molecule has 0 aromatic rings. The number of carbonyl (C=O) groups is 2. The average Bonchev–Trinajstić information content (AvgIpc) is 2.89. The number of likely N-dealkylation sites (N-methyl/N-ethyl adjacent to an activating group) is 1. The number of rotatable bonds is 5. The van der Waals surface area contributed by atoms with Crippen LogP contribution in [0.3, 0.4) is 0 Å². The number of nitrogens with zero attached hydrogens (tertiary/aromatic N) is 2. The highest BCUT2D eigenvalue weighted by atomic mass is 35.5. The molecular weight excluding hydrogens is 326 g/mol. The van der Waals surface area contributed by atoms with Crippen LogP contribution in [0.4, 0.5) is 0 Å². The predicted octanol–water partition coefficient (Wildman–Crippen LogP) is 1.14. The lowest BCUT2D eigenvalue weighted by Gasteiger charge is -2.26. The van der Waals surface area contributed by atoms with Crippen LogP contribution >= 0.6 is 11.6 Å². The fourth-order valence-electron chi connectivity index (χ4n) is 1.96. The molecular formula is C14H20ClN3O5. The maximum absolute atomic E-state index is 9.55. The van der Waals surface area contributed by atoms with Crippen LogP contribution in [0.15, 0.2) is 35.7 Å². The Hall–Kier alpha value is -2.03. The van der Waals surface area contributed by atoms with Crippen LogP contribution in [0.25, 0.3) is 0 Å². The second-order valence-corrected chi connectivity index (χ2v) is 5.28. The standard InChI is InChI=1S/C10H16ClN3O.C4H4O4/c1-13-6-2-4-9(13)8-15-14-7-3-5-10(11)12-14;5-3(6)1-2-4(7)8/h3,5,7,9,12H,2,4,6,8H2,1H3;1-2H,(H,5,6)(H,7,8)/b;2-1+/t9-;/m1./s1. The summed E-state index contributed by atoms with van der Waals surface area (Å²) >= 11 is 5.80. The van der Waals surface area contributed by atoms with Gasteiger partial charge in [-0.05, 0) is 38.6 Å². The molecule has 2 aliphatic heterocycles. The highest BCUT2D eigenvalue weighted by Gasteiger charge is 2.21. The molecule has 0 spiro atoms. The van der Waals surface area contributed by atoms with Crippen molar-refractivity contribution < 1.29 is 24.6 Å². The van der Waals surface area contributed by atoms with Gasteiger partial charge < -0.3 is 15.1 Å². The van der Waals surface area contributed by atoms with E-state index in [1.54, 1.807) is 17.4 Å². The lowest BCUT2D eigenvalue weighted by molar-refractivity contribution is -0.160. The maximum Gasteiger partial charge on any atom is 0.328 e. The number of carboxylic acid groups (broad SMARTS) is 2. The number of likely N-dealkylation sites (tertiary alicyclic amines) is 1. The molecule has 0 aromatic carbocycles. The van der Waals surface area contributed by atoms with E-state index in [2.05, 4.69) is 17.4 Å². The van der Waals surface area contributed by atoms with Gasteiger partial charge in [-0.25, -0.2) is 9.59 Å². The van der Waals surface area contributed by atoms with E-state index in [4.69, 9.17) is 26.7 Å². The van der Waals surface area contributed by atoms with E-state index in [0.717, 1.165) is 6.54 Å². The minimum atomic E-state index is -1.26. The van der Waals surface area contributed by atoms with Gasteiger partial charge in [0, 0.05) is 18.2 Å². The molecule has 0 saturated carbocycles. The Labute approximate surface area is 139 Å². The molecule has 0 aliphatic carbocycles. The summed E-state index contributed by atoms with van der Waals surface area (Å²) in [4.78, 5) is 27.0. The molecule has 2 rings (SSSR count). The van der Waals surface area contributed by atoms with E-state index in [-0.39, 0.29) is 0 Å². The summed E-state index contributed by atoms with van der Waals surface area (Å²) in [6.45, 7) is 1.86. The van der Waals surface area contributed by atoms with Gasteiger partial charge in [-0.3, -0.25) is 10.3 Å². The molecule has 1 atom stereocenters. The Morgan fingerprint density at radius 3 is 2.57 bits per heavy atom. The Morgan fingerprint density at radius 1 is 1.43 bits per heavy atom. The van der Waals surface area contributed by atoms with Crippen molar-refractivity contribution in [1.29, 1.82) is 0 Å². The molecule has 0 aromatic heterocycles. The Kier molecular flexibility index (Phi) is 8.17. The monoisotopic (exact) mass is 345 g/mol. The van der Waals surface area contributed by atoms with Gasteiger partial charge >= 0.3 is 11.9 Å². The zero-order chi connectivity index (χ0) is 17.2. The molecule has 0 unspecified atom stereocenters. The SMILES string of the molecule is CN1CCC[C@@H]1CON1C=CC=C(Cl)N1.O=C(O)/C=C/C(=O)O. The van der Waals surface area contributed by atoms with Gasteiger partial charge in [-0.2, -0.15) is 5.17 Å². The number of carboxylic acids is 2. The van der Waals surface area contributed by atoms with Gasteiger partial charge in [0.15, 0.2) is 0 Å². The number of halogens is 1. The van der Waals surface area contributed by atoms with E-state index >= 15 is 0 Å². The Bertz CT molecular complexity index is 491. The number of hydrogen-bond acceptors (Lipinski definition) is 6. The zero-order valence-corrected chi connectivity index (χ0v) is 13.4. The van der Waals surface area contributed by atoms with Crippen LogP contribution in [-0.2, 0) is 14.4 Å². The quantitative estimate of drug-likeness (QED) is 0.503. The number of hydrogen-bond donors (Lipinski definition) is 3. The molecule has 1 fully saturated rings. The molecule has 128 valence electrons. The number of hydroxylamine groups is 1. The van der Waals surface area contributed by atoms with Crippen molar-refractivity contribution in [2.45, 2.75) is 18.9 Å². The molecule has 8 nitrogen and oxygen atoms in total. The smallest absolute Gasteiger partial charge is 0.328 e. The predicted molar refractivity (Wildman–Crippen MR) is 84.1 cm³/mol. The Morgan fingerprint density at radius 2 is 2.09 bits per heavy atom. The largest absolute Gasteiger partial charge is 0.478 e. The van der Waals surface area contributed by atoms with Gasteiger partial charge in [0.1, 0.15) is 5.16 Å². The number of nitrogens with one attached hydrogen (secondary N) is 1. The van der Waals surface area contributed by atoms with Gasteiger partial charge in [-0.15, -0.1) is 0 Å². The first kappa shape index (κ1) is 19.0. The van der Waals surface area contributed by atoms with Gasteiger partial charge in [0.05, 0.1) is 12.8 Å². The summed E-state index contributed by atoms with van der Waals surface area (Å²) in [7, 11) is 2.13. The van der Waals surface area contributed by atoms with Gasteiger partial charge in [0.2, 0.25) is 0 Å². The fourth-order valence-corrected chi connectivity index (χ4v) is 2.12. The summed E-state index contributed by atoms with van der Waals surface area (Å²) < 4.78 is 0.